The van der Waals surface area contributed by atoms with E-state index in [2.05, 4.69) is 14.9 Å². The average Bonchev–Trinajstić information content (AvgIpc) is 2.74. The Morgan fingerprint density at radius 3 is 3.00 bits per heavy atom. The third kappa shape index (κ3) is 2.12. The van der Waals surface area contributed by atoms with Crippen LogP contribution in [0.3, 0.4) is 0 Å². The van der Waals surface area contributed by atoms with Crippen molar-refractivity contribution in [3.8, 4) is 0 Å². The van der Waals surface area contributed by atoms with Gasteiger partial charge in [0.25, 0.3) is 5.91 Å². The van der Waals surface area contributed by atoms with Gasteiger partial charge in [-0.1, -0.05) is 22.2 Å². The zero-order chi connectivity index (χ0) is 11.5. The van der Waals surface area contributed by atoms with Crippen LogP contribution < -0.4 is 11.1 Å². The number of anilines is 2. The zero-order valence-corrected chi connectivity index (χ0v) is 9.55. The molecule has 5 nitrogen and oxygen atoms in total. The topological polar surface area (TPSA) is 80.9 Å². The van der Waals surface area contributed by atoms with Crippen LogP contribution in [0.1, 0.15) is 10.4 Å². The maximum atomic E-state index is 11.8. The van der Waals surface area contributed by atoms with E-state index in [0.717, 1.165) is 11.5 Å². The minimum atomic E-state index is -0.330. The van der Waals surface area contributed by atoms with Crippen LogP contribution in [0.2, 0.25) is 5.02 Å². The second-order valence-corrected chi connectivity index (χ2v) is 4.11. The second-order valence-electron chi connectivity index (χ2n) is 2.94. The highest BCUT2D eigenvalue weighted by Crippen LogP contribution is 2.24. The first-order valence-corrected chi connectivity index (χ1v) is 5.46. The summed E-state index contributed by atoms with van der Waals surface area (Å²) in [6.07, 6.45) is 1.46. The van der Waals surface area contributed by atoms with Crippen LogP contribution in [-0.2, 0) is 0 Å². The number of carbonyl (C=O) groups excluding carboxylic acids is 1. The number of hydrogen-bond acceptors (Lipinski definition) is 5. The van der Waals surface area contributed by atoms with Gasteiger partial charge in [-0.25, -0.2) is 0 Å². The summed E-state index contributed by atoms with van der Waals surface area (Å²) in [5, 5.41) is 7.03. The molecule has 7 heteroatoms. The highest BCUT2D eigenvalue weighted by atomic mass is 35.5. The van der Waals surface area contributed by atoms with Gasteiger partial charge in [-0.15, -0.1) is 5.10 Å². The molecule has 82 valence electrons. The van der Waals surface area contributed by atoms with Gasteiger partial charge in [0.1, 0.15) is 5.00 Å². The van der Waals surface area contributed by atoms with Crippen molar-refractivity contribution in [2.24, 2.45) is 0 Å². The molecule has 0 bridgehead atoms. The molecule has 0 saturated heterocycles. The Bertz CT molecular complexity index is 514. The fourth-order valence-electron chi connectivity index (χ4n) is 1.13. The molecule has 1 aromatic heterocycles. The SMILES string of the molecule is Nc1cccc(C(=O)Nc2cnns2)c1Cl. The van der Waals surface area contributed by atoms with Crippen molar-refractivity contribution in [3.05, 3.63) is 35.0 Å². The quantitative estimate of drug-likeness (QED) is 0.804. The fraction of sp³-hybridized carbons (Fsp3) is 0. The van der Waals surface area contributed by atoms with Crippen molar-refractivity contribution < 1.29 is 4.79 Å². The average molecular weight is 255 g/mol. The molecule has 3 N–H and O–H groups in total. The molecule has 0 radical (unpaired) electrons. The van der Waals surface area contributed by atoms with Crippen LogP contribution in [0.25, 0.3) is 0 Å². The normalized spacial score (nSPS) is 10.1. The number of benzene rings is 1. The van der Waals surface area contributed by atoms with Crippen molar-refractivity contribution >= 4 is 39.7 Å². The lowest BCUT2D eigenvalue weighted by molar-refractivity contribution is 0.102. The predicted molar refractivity (Wildman–Crippen MR) is 63.7 cm³/mol. The third-order valence-corrected chi connectivity index (χ3v) is 2.87. The number of amides is 1. The molecule has 2 aromatic rings. The number of nitrogen functional groups attached to an aromatic ring is 1. The van der Waals surface area contributed by atoms with Gasteiger partial charge < -0.3 is 11.1 Å². The first kappa shape index (κ1) is 10.8. The molecule has 0 aliphatic rings. The van der Waals surface area contributed by atoms with Crippen molar-refractivity contribution in [2.45, 2.75) is 0 Å². The number of halogens is 1. The molecule has 0 saturated carbocycles. The van der Waals surface area contributed by atoms with E-state index in [-0.39, 0.29) is 10.9 Å². The molecule has 0 fully saturated rings. The fourth-order valence-corrected chi connectivity index (χ4v) is 1.75. The van der Waals surface area contributed by atoms with E-state index < -0.39 is 0 Å². The van der Waals surface area contributed by atoms with Gasteiger partial charge in [0.15, 0.2) is 0 Å². The standard InChI is InChI=1S/C9H7ClN4OS/c10-8-5(2-1-3-6(8)11)9(15)13-7-4-12-14-16-7/h1-4H,11H2,(H,13,15). The Morgan fingerprint density at radius 2 is 2.31 bits per heavy atom. The van der Waals surface area contributed by atoms with Gasteiger partial charge in [-0.2, -0.15) is 0 Å². The summed E-state index contributed by atoms with van der Waals surface area (Å²) in [7, 11) is 0. The van der Waals surface area contributed by atoms with Gasteiger partial charge in [0.05, 0.1) is 22.5 Å². The van der Waals surface area contributed by atoms with Crippen molar-refractivity contribution in [1.29, 1.82) is 0 Å². The number of nitrogens with one attached hydrogen (secondary N) is 1. The Labute approximate surface area is 100 Å². The minimum Gasteiger partial charge on any atom is -0.398 e. The minimum absolute atomic E-state index is 0.248. The summed E-state index contributed by atoms with van der Waals surface area (Å²) in [5.41, 5.74) is 6.30. The van der Waals surface area contributed by atoms with E-state index in [9.17, 15) is 4.79 Å². The summed E-state index contributed by atoms with van der Waals surface area (Å²) >= 11 is 7.00. The smallest absolute Gasteiger partial charge is 0.257 e. The number of hydrogen-bond donors (Lipinski definition) is 2. The summed E-state index contributed by atoms with van der Waals surface area (Å²) in [4.78, 5) is 11.8. The molecule has 1 aromatic carbocycles. The zero-order valence-electron chi connectivity index (χ0n) is 7.98. The highest BCUT2D eigenvalue weighted by Gasteiger charge is 2.12. The van der Waals surface area contributed by atoms with E-state index in [1.54, 1.807) is 18.2 Å². The number of carbonyl (C=O) groups is 1. The molecule has 0 spiro atoms. The maximum Gasteiger partial charge on any atom is 0.257 e. The number of nitrogens with zero attached hydrogens (tertiary/aromatic N) is 2. The highest BCUT2D eigenvalue weighted by molar-refractivity contribution is 7.10. The molecule has 0 atom stereocenters. The van der Waals surface area contributed by atoms with Crippen LogP contribution in [-0.4, -0.2) is 15.5 Å². The molecular weight excluding hydrogens is 248 g/mol. The van der Waals surface area contributed by atoms with Crippen LogP contribution >= 0.6 is 23.1 Å². The van der Waals surface area contributed by atoms with Crippen molar-refractivity contribution in [2.75, 3.05) is 11.1 Å². The predicted octanol–water partition coefficient (Wildman–Crippen LogP) is 2.03. The number of nitrogens with two attached hydrogens (primary N) is 1. The van der Waals surface area contributed by atoms with Crippen LogP contribution in [0, 0.1) is 0 Å². The first-order chi connectivity index (χ1) is 7.68. The van der Waals surface area contributed by atoms with Gasteiger partial charge in [0.2, 0.25) is 0 Å². The first-order valence-electron chi connectivity index (χ1n) is 4.31. The summed E-state index contributed by atoms with van der Waals surface area (Å²) < 4.78 is 3.63. The Hall–Kier alpha value is -1.66. The molecule has 1 amide bonds. The second kappa shape index (κ2) is 4.46. The van der Waals surface area contributed by atoms with E-state index in [4.69, 9.17) is 17.3 Å². The van der Waals surface area contributed by atoms with Gasteiger partial charge in [0, 0.05) is 11.5 Å². The van der Waals surface area contributed by atoms with E-state index in [1.807, 2.05) is 0 Å². The van der Waals surface area contributed by atoms with Crippen LogP contribution in [0.15, 0.2) is 24.4 Å². The molecule has 0 aliphatic heterocycles. The third-order valence-electron chi connectivity index (χ3n) is 1.87. The Kier molecular flexibility index (Phi) is 3.02. The van der Waals surface area contributed by atoms with E-state index in [1.165, 1.54) is 6.20 Å². The van der Waals surface area contributed by atoms with E-state index in [0.29, 0.717) is 16.3 Å². The summed E-state index contributed by atoms with van der Waals surface area (Å²) in [6, 6.07) is 4.90. The number of rotatable bonds is 2. The lowest BCUT2D eigenvalue weighted by atomic mass is 10.2. The van der Waals surface area contributed by atoms with Crippen LogP contribution in [0.4, 0.5) is 10.7 Å². The molecule has 0 unspecified atom stereocenters. The van der Waals surface area contributed by atoms with Crippen molar-refractivity contribution in [3.63, 3.8) is 0 Å². The summed E-state index contributed by atoms with van der Waals surface area (Å²) in [6.45, 7) is 0. The maximum absolute atomic E-state index is 11.8. The lowest BCUT2D eigenvalue weighted by Gasteiger charge is -2.05. The van der Waals surface area contributed by atoms with Gasteiger partial charge in [-0.3, -0.25) is 4.79 Å². The Balaban J connectivity index is 2.24. The monoisotopic (exact) mass is 254 g/mol. The molecule has 1 heterocycles. The lowest BCUT2D eigenvalue weighted by Crippen LogP contribution is -2.12. The molecular formula is C9H7ClN4OS. The molecule has 0 aliphatic carbocycles. The Morgan fingerprint density at radius 1 is 1.50 bits per heavy atom. The molecule has 2 rings (SSSR count). The summed E-state index contributed by atoms with van der Waals surface area (Å²) in [5.74, 6) is -0.330. The van der Waals surface area contributed by atoms with Gasteiger partial charge >= 0.3 is 0 Å². The van der Waals surface area contributed by atoms with Crippen molar-refractivity contribution in [1.82, 2.24) is 9.59 Å². The van der Waals surface area contributed by atoms with E-state index >= 15 is 0 Å². The molecule has 16 heavy (non-hydrogen) atoms. The van der Waals surface area contributed by atoms with Crippen LogP contribution in [0.5, 0.6) is 0 Å². The largest absolute Gasteiger partial charge is 0.398 e. The number of aromatic nitrogens is 2. The van der Waals surface area contributed by atoms with Gasteiger partial charge in [-0.05, 0) is 12.1 Å².